The molecular weight excluding hydrogens is 336 g/mol. The van der Waals surface area contributed by atoms with Crippen LogP contribution in [0.25, 0.3) is 0 Å². The molecule has 1 aromatic rings. The Hall–Kier alpha value is -1.56. The highest BCUT2D eigenvalue weighted by molar-refractivity contribution is 9.10. The summed E-state index contributed by atoms with van der Waals surface area (Å²) in [5.74, 6) is -0.358. The number of carbonyl (C=O) groups excluding carboxylic acids is 1. The number of hydrogen-bond donors (Lipinski definition) is 3. The molecule has 6 heteroatoms. The van der Waals surface area contributed by atoms with Crippen LogP contribution in [0.5, 0.6) is 0 Å². The summed E-state index contributed by atoms with van der Waals surface area (Å²) in [5, 5.41) is 14.4. The molecule has 0 saturated heterocycles. The van der Waals surface area contributed by atoms with Crippen molar-refractivity contribution in [1.82, 2.24) is 5.32 Å². The van der Waals surface area contributed by atoms with Gasteiger partial charge in [0.2, 0.25) is 0 Å². The molecule has 0 unspecified atom stereocenters. The normalized spacial score (nSPS) is 10.5. The van der Waals surface area contributed by atoms with Crippen LogP contribution < -0.4 is 10.6 Å². The summed E-state index contributed by atoms with van der Waals surface area (Å²) in [6, 6.07) is 4.24. The lowest BCUT2D eigenvalue weighted by Crippen LogP contribution is -2.29. The van der Waals surface area contributed by atoms with Gasteiger partial charge in [-0.15, -0.1) is 0 Å². The molecule has 0 heterocycles. The largest absolute Gasteiger partial charge is 0.478 e. The number of rotatable bonds is 7. The van der Waals surface area contributed by atoms with Gasteiger partial charge in [-0.25, -0.2) is 9.59 Å². The Balaban J connectivity index is 2.42. The van der Waals surface area contributed by atoms with Crippen LogP contribution in [0, 0.1) is 5.92 Å². The molecule has 116 valence electrons. The molecule has 1 rings (SSSR count). The minimum absolute atomic E-state index is 0.122. The van der Waals surface area contributed by atoms with Crippen LogP contribution in [0.15, 0.2) is 22.7 Å². The molecule has 2 amide bonds. The molecule has 0 aromatic heterocycles. The summed E-state index contributed by atoms with van der Waals surface area (Å²) in [6.45, 7) is 4.96. The zero-order chi connectivity index (χ0) is 15.8. The molecule has 0 radical (unpaired) electrons. The smallest absolute Gasteiger partial charge is 0.335 e. The quantitative estimate of drug-likeness (QED) is 0.643. The lowest BCUT2D eigenvalue weighted by Gasteiger charge is -2.09. The molecule has 0 saturated carbocycles. The van der Waals surface area contributed by atoms with Gasteiger partial charge in [0, 0.05) is 16.7 Å². The lowest BCUT2D eigenvalue weighted by molar-refractivity contribution is 0.0697. The third-order valence-corrected chi connectivity index (χ3v) is 3.35. The van der Waals surface area contributed by atoms with E-state index in [2.05, 4.69) is 40.4 Å². The summed E-state index contributed by atoms with van der Waals surface area (Å²) < 4.78 is 0.606. The summed E-state index contributed by atoms with van der Waals surface area (Å²) in [5.41, 5.74) is 0.568. The van der Waals surface area contributed by atoms with Gasteiger partial charge in [0.05, 0.1) is 5.56 Å². The molecule has 0 atom stereocenters. The molecule has 21 heavy (non-hydrogen) atoms. The van der Waals surface area contributed by atoms with Gasteiger partial charge in [0.1, 0.15) is 0 Å². The monoisotopic (exact) mass is 356 g/mol. The van der Waals surface area contributed by atoms with Crippen molar-refractivity contribution < 1.29 is 14.7 Å². The van der Waals surface area contributed by atoms with E-state index in [1.807, 2.05) is 0 Å². The molecular formula is C15H21BrN2O3. The van der Waals surface area contributed by atoms with Crippen molar-refractivity contribution in [2.75, 3.05) is 11.9 Å². The fraction of sp³-hybridized carbons (Fsp3) is 0.467. The number of unbranched alkanes of at least 4 members (excludes halogenated alkanes) is 1. The highest BCUT2D eigenvalue weighted by Gasteiger charge is 2.08. The molecule has 5 nitrogen and oxygen atoms in total. The van der Waals surface area contributed by atoms with Crippen molar-refractivity contribution in [3.8, 4) is 0 Å². The van der Waals surface area contributed by atoms with Crippen LogP contribution in [0.2, 0.25) is 0 Å². The molecule has 0 aliphatic heterocycles. The van der Waals surface area contributed by atoms with Crippen LogP contribution in [-0.4, -0.2) is 23.7 Å². The maximum Gasteiger partial charge on any atom is 0.335 e. The van der Waals surface area contributed by atoms with Gasteiger partial charge in [-0.2, -0.15) is 0 Å². The first kappa shape index (κ1) is 17.5. The Morgan fingerprint density at radius 2 is 1.95 bits per heavy atom. The number of nitrogens with one attached hydrogen (secondary N) is 2. The number of carbonyl (C=O) groups is 2. The molecule has 0 spiro atoms. The van der Waals surface area contributed by atoms with Gasteiger partial charge in [0.15, 0.2) is 0 Å². The first-order chi connectivity index (χ1) is 9.88. The van der Waals surface area contributed by atoms with Gasteiger partial charge < -0.3 is 15.7 Å². The SMILES string of the molecule is CC(C)CCCCNC(=O)Nc1cc(Br)cc(C(=O)O)c1. The molecule has 0 bridgehead atoms. The Kier molecular flexibility index (Phi) is 7.22. The lowest BCUT2D eigenvalue weighted by atomic mass is 10.1. The minimum Gasteiger partial charge on any atom is -0.478 e. The minimum atomic E-state index is -1.03. The van der Waals surface area contributed by atoms with E-state index in [0.717, 1.165) is 19.3 Å². The standard InChI is InChI=1S/C15H21BrN2O3/c1-10(2)5-3-4-6-17-15(21)18-13-8-11(14(19)20)7-12(16)9-13/h7-10H,3-6H2,1-2H3,(H,19,20)(H2,17,18,21). The fourth-order valence-corrected chi connectivity index (χ4v) is 2.33. The molecule has 3 N–H and O–H groups in total. The van der Waals surface area contributed by atoms with Crippen molar-refractivity contribution >= 4 is 33.6 Å². The summed E-state index contributed by atoms with van der Waals surface area (Å²) >= 11 is 3.22. The average Bonchev–Trinajstić information content (AvgIpc) is 2.37. The van der Waals surface area contributed by atoms with Crippen molar-refractivity contribution in [2.45, 2.75) is 33.1 Å². The molecule has 1 aromatic carbocycles. The molecule has 0 aliphatic rings. The number of halogens is 1. The zero-order valence-electron chi connectivity index (χ0n) is 12.3. The molecule has 0 aliphatic carbocycles. The number of benzene rings is 1. The van der Waals surface area contributed by atoms with E-state index in [-0.39, 0.29) is 11.6 Å². The van der Waals surface area contributed by atoms with Crippen LogP contribution >= 0.6 is 15.9 Å². The third kappa shape index (κ3) is 7.13. The topological polar surface area (TPSA) is 78.4 Å². The van der Waals surface area contributed by atoms with Gasteiger partial charge in [-0.05, 0) is 30.5 Å². The zero-order valence-corrected chi connectivity index (χ0v) is 13.9. The Bertz CT molecular complexity index is 504. The highest BCUT2D eigenvalue weighted by atomic mass is 79.9. The van der Waals surface area contributed by atoms with Crippen LogP contribution in [0.3, 0.4) is 0 Å². The number of anilines is 1. The van der Waals surface area contributed by atoms with E-state index in [1.54, 1.807) is 6.07 Å². The van der Waals surface area contributed by atoms with Crippen molar-refractivity contribution in [3.63, 3.8) is 0 Å². The number of carboxylic acid groups (broad SMARTS) is 1. The summed E-state index contributed by atoms with van der Waals surface area (Å²) in [7, 11) is 0. The van der Waals surface area contributed by atoms with E-state index in [1.165, 1.54) is 12.1 Å². The van der Waals surface area contributed by atoms with Crippen LogP contribution in [0.1, 0.15) is 43.5 Å². The number of urea groups is 1. The fourth-order valence-electron chi connectivity index (χ4n) is 1.84. The highest BCUT2D eigenvalue weighted by Crippen LogP contribution is 2.19. The first-order valence-electron chi connectivity index (χ1n) is 6.97. The van der Waals surface area contributed by atoms with E-state index in [4.69, 9.17) is 5.11 Å². The maximum atomic E-state index is 11.7. The second-order valence-electron chi connectivity index (χ2n) is 5.30. The third-order valence-electron chi connectivity index (χ3n) is 2.90. The van der Waals surface area contributed by atoms with E-state index in [9.17, 15) is 9.59 Å². The average molecular weight is 357 g/mol. The van der Waals surface area contributed by atoms with Crippen molar-refractivity contribution in [2.24, 2.45) is 5.92 Å². The maximum absolute atomic E-state index is 11.7. The second-order valence-corrected chi connectivity index (χ2v) is 6.22. The van der Waals surface area contributed by atoms with Crippen molar-refractivity contribution in [1.29, 1.82) is 0 Å². The van der Waals surface area contributed by atoms with Crippen LogP contribution in [0.4, 0.5) is 10.5 Å². The van der Waals surface area contributed by atoms with Gasteiger partial charge in [-0.3, -0.25) is 0 Å². The van der Waals surface area contributed by atoms with Crippen LogP contribution in [-0.2, 0) is 0 Å². The van der Waals surface area contributed by atoms with Gasteiger partial charge in [0.25, 0.3) is 0 Å². The van der Waals surface area contributed by atoms with E-state index >= 15 is 0 Å². The summed E-state index contributed by atoms with van der Waals surface area (Å²) in [6.07, 6.45) is 3.17. The predicted molar refractivity (Wildman–Crippen MR) is 86.8 cm³/mol. The van der Waals surface area contributed by atoms with E-state index in [0.29, 0.717) is 22.6 Å². The Labute approximate surface area is 133 Å². The number of aromatic carboxylic acids is 1. The number of carboxylic acids is 1. The predicted octanol–water partition coefficient (Wildman–Crippen LogP) is 4.10. The Morgan fingerprint density at radius 3 is 2.57 bits per heavy atom. The van der Waals surface area contributed by atoms with Gasteiger partial charge in [-0.1, -0.05) is 42.6 Å². The summed E-state index contributed by atoms with van der Waals surface area (Å²) in [4.78, 5) is 22.7. The van der Waals surface area contributed by atoms with Gasteiger partial charge >= 0.3 is 12.0 Å². The first-order valence-corrected chi connectivity index (χ1v) is 7.76. The Morgan fingerprint density at radius 1 is 1.24 bits per heavy atom. The van der Waals surface area contributed by atoms with Crippen molar-refractivity contribution in [3.05, 3.63) is 28.2 Å². The number of amides is 2. The number of hydrogen-bond acceptors (Lipinski definition) is 2. The second kappa shape index (κ2) is 8.67. The van der Waals surface area contributed by atoms with E-state index < -0.39 is 5.97 Å². The molecule has 0 fully saturated rings.